The van der Waals surface area contributed by atoms with E-state index in [4.69, 9.17) is 10.2 Å². The average molecular weight is 193 g/mol. The molecular formula is C10H11NO3. The number of aliphatic hydroxyl groups is 1. The molecule has 1 unspecified atom stereocenters. The number of hydrogen-bond acceptors (Lipinski definition) is 3. The van der Waals surface area contributed by atoms with Crippen LogP contribution in [0.4, 0.5) is 0 Å². The molecule has 2 N–H and O–H groups in total. The van der Waals surface area contributed by atoms with E-state index in [1.54, 1.807) is 12.1 Å². The first-order valence-electron chi connectivity index (χ1n) is 4.16. The van der Waals surface area contributed by atoms with Crippen molar-refractivity contribution in [2.24, 2.45) is 4.99 Å². The summed E-state index contributed by atoms with van der Waals surface area (Å²) in [6.45, 7) is -0.487. The largest absolute Gasteiger partial charge is 0.480 e. The summed E-state index contributed by atoms with van der Waals surface area (Å²) < 4.78 is 0. The second kappa shape index (κ2) is 5.14. The molecule has 0 radical (unpaired) electrons. The van der Waals surface area contributed by atoms with Crippen LogP contribution in [0.25, 0.3) is 0 Å². The number of aliphatic imine (C=N–C) groups is 1. The molecule has 1 aromatic carbocycles. The molecule has 0 aromatic heterocycles. The van der Waals surface area contributed by atoms with E-state index in [9.17, 15) is 4.79 Å². The van der Waals surface area contributed by atoms with Crippen molar-refractivity contribution in [1.29, 1.82) is 0 Å². The van der Waals surface area contributed by atoms with Gasteiger partial charge in [-0.2, -0.15) is 0 Å². The van der Waals surface area contributed by atoms with Crippen LogP contribution in [0.5, 0.6) is 0 Å². The van der Waals surface area contributed by atoms with Gasteiger partial charge in [0.2, 0.25) is 0 Å². The highest BCUT2D eigenvalue weighted by Gasteiger charge is 2.12. The molecule has 1 rings (SSSR count). The SMILES string of the molecule is O=C(O)C(CO)N=Cc1ccccc1. The van der Waals surface area contributed by atoms with Crippen LogP contribution >= 0.6 is 0 Å². The first kappa shape index (κ1) is 10.4. The van der Waals surface area contributed by atoms with E-state index < -0.39 is 18.6 Å². The number of carboxylic acids is 1. The molecule has 1 aromatic rings. The van der Waals surface area contributed by atoms with E-state index in [1.165, 1.54) is 6.21 Å². The fraction of sp³-hybridized carbons (Fsp3) is 0.200. The summed E-state index contributed by atoms with van der Waals surface area (Å²) in [6, 6.07) is 8.05. The van der Waals surface area contributed by atoms with E-state index in [0.29, 0.717) is 0 Å². The van der Waals surface area contributed by atoms with E-state index in [1.807, 2.05) is 18.2 Å². The Hall–Kier alpha value is -1.68. The highest BCUT2D eigenvalue weighted by molar-refractivity contribution is 5.83. The van der Waals surface area contributed by atoms with Crippen molar-refractivity contribution in [2.75, 3.05) is 6.61 Å². The zero-order valence-electron chi connectivity index (χ0n) is 7.50. The van der Waals surface area contributed by atoms with E-state index in [2.05, 4.69) is 4.99 Å². The third-order valence-electron chi connectivity index (χ3n) is 1.66. The second-order valence-electron chi connectivity index (χ2n) is 2.73. The van der Waals surface area contributed by atoms with Crippen molar-refractivity contribution in [1.82, 2.24) is 0 Å². The first-order valence-corrected chi connectivity index (χ1v) is 4.16. The molecule has 0 fully saturated rings. The lowest BCUT2D eigenvalue weighted by molar-refractivity contribution is -0.139. The van der Waals surface area contributed by atoms with Gasteiger partial charge in [-0.05, 0) is 5.56 Å². The summed E-state index contributed by atoms with van der Waals surface area (Å²) in [5, 5.41) is 17.3. The molecule has 0 aliphatic rings. The normalized spacial score (nSPS) is 12.9. The predicted molar refractivity (Wildman–Crippen MR) is 52.5 cm³/mol. The number of nitrogens with zero attached hydrogens (tertiary/aromatic N) is 1. The fourth-order valence-corrected chi connectivity index (χ4v) is 0.904. The van der Waals surface area contributed by atoms with E-state index >= 15 is 0 Å². The van der Waals surface area contributed by atoms with Gasteiger partial charge in [0, 0.05) is 6.21 Å². The van der Waals surface area contributed by atoms with Crippen molar-refractivity contribution in [3.8, 4) is 0 Å². The van der Waals surface area contributed by atoms with Crippen LogP contribution in [0.1, 0.15) is 5.56 Å². The maximum atomic E-state index is 10.5. The van der Waals surface area contributed by atoms with Gasteiger partial charge >= 0.3 is 5.97 Å². The number of aliphatic carboxylic acids is 1. The van der Waals surface area contributed by atoms with Crippen LogP contribution in [-0.4, -0.2) is 35.0 Å². The van der Waals surface area contributed by atoms with Crippen molar-refractivity contribution in [3.05, 3.63) is 35.9 Å². The molecule has 0 saturated heterocycles. The van der Waals surface area contributed by atoms with Gasteiger partial charge in [0.1, 0.15) is 0 Å². The minimum Gasteiger partial charge on any atom is -0.480 e. The zero-order chi connectivity index (χ0) is 10.4. The van der Waals surface area contributed by atoms with Gasteiger partial charge in [-0.15, -0.1) is 0 Å². The van der Waals surface area contributed by atoms with Crippen LogP contribution in [-0.2, 0) is 4.79 Å². The Balaban J connectivity index is 2.67. The lowest BCUT2D eigenvalue weighted by atomic mass is 10.2. The summed E-state index contributed by atoms with van der Waals surface area (Å²) in [5.41, 5.74) is 0.812. The minimum atomic E-state index is -1.13. The first-order chi connectivity index (χ1) is 6.74. The standard InChI is InChI=1S/C10H11NO3/c12-7-9(10(13)14)11-6-8-4-2-1-3-5-8/h1-6,9,12H,7H2,(H,13,14). The number of rotatable bonds is 4. The Kier molecular flexibility index (Phi) is 3.82. The Bertz CT molecular complexity index is 321. The number of carbonyl (C=O) groups is 1. The summed E-state index contributed by atoms with van der Waals surface area (Å²) in [5.74, 6) is -1.13. The van der Waals surface area contributed by atoms with Crippen LogP contribution in [0.3, 0.4) is 0 Å². The Morgan fingerprint density at radius 3 is 2.57 bits per heavy atom. The van der Waals surface area contributed by atoms with Gasteiger partial charge in [0.25, 0.3) is 0 Å². The number of carboxylic acid groups (broad SMARTS) is 1. The number of hydrogen-bond donors (Lipinski definition) is 2. The summed E-state index contributed by atoms with van der Waals surface area (Å²) in [7, 11) is 0. The van der Waals surface area contributed by atoms with Gasteiger partial charge < -0.3 is 10.2 Å². The molecule has 0 amide bonds. The molecule has 4 nitrogen and oxygen atoms in total. The van der Waals surface area contributed by atoms with Crippen molar-refractivity contribution in [2.45, 2.75) is 6.04 Å². The highest BCUT2D eigenvalue weighted by Crippen LogP contribution is 1.96. The maximum absolute atomic E-state index is 10.5. The molecule has 0 bridgehead atoms. The molecule has 0 aliphatic carbocycles. The van der Waals surface area contributed by atoms with Gasteiger partial charge in [-0.25, -0.2) is 4.79 Å². The quantitative estimate of drug-likeness (QED) is 0.686. The summed E-state index contributed by atoms with van der Waals surface area (Å²) in [6.07, 6.45) is 1.44. The van der Waals surface area contributed by atoms with E-state index in [-0.39, 0.29) is 0 Å². The van der Waals surface area contributed by atoms with Crippen molar-refractivity contribution < 1.29 is 15.0 Å². The Morgan fingerprint density at radius 2 is 2.07 bits per heavy atom. The van der Waals surface area contributed by atoms with Crippen molar-refractivity contribution >= 4 is 12.2 Å². The monoisotopic (exact) mass is 193 g/mol. The summed E-state index contributed by atoms with van der Waals surface area (Å²) >= 11 is 0. The number of benzene rings is 1. The van der Waals surface area contributed by atoms with Crippen LogP contribution in [0.2, 0.25) is 0 Å². The molecule has 14 heavy (non-hydrogen) atoms. The van der Waals surface area contributed by atoms with E-state index in [0.717, 1.165) is 5.56 Å². The predicted octanol–water partition coefficient (Wildman–Crippen LogP) is 0.551. The summed E-state index contributed by atoms with van der Waals surface area (Å²) in [4.78, 5) is 14.2. The lowest BCUT2D eigenvalue weighted by Gasteiger charge is -2.01. The molecule has 0 heterocycles. The second-order valence-corrected chi connectivity index (χ2v) is 2.73. The molecule has 4 heteroatoms. The van der Waals surface area contributed by atoms with Crippen molar-refractivity contribution in [3.63, 3.8) is 0 Å². The lowest BCUT2D eigenvalue weighted by Crippen LogP contribution is -2.22. The molecular weight excluding hydrogens is 182 g/mol. The zero-order valence-corrected chi connectivity index (χ0v) is 7.50. The topological polar surface area (TPSA) is 69.9 Å². The Morgan fingerprint density at radius 1 is 1.43 bits per heavy atom. The fourth-order valence-electron chi connectivity index (χ4n) is 0.904. The van der Waals surface area contributed by atoms with Crippen LogP contribution in [0, 0.1) is 0 Å². The molecule has 0 spiro atoms. The smallest absolute Gasteiger partial charge is 0.330 e. The van der Waals surface area contributed by atoms with Gasteiger partial charge in [0.15, 0.2) is 6.04 Å². The van der Waals surface area contributed by atoms with Gasteiger partial charge in [-0.1, -0.05) is 30.3 Å². The molecule has 0 saturated carbocycles. The van der Waals surface area contributed by atoms with Crippen LogP contribution < -0.4 is 0 Å². The average Bonchev–Trinajstić information content (AvgIpc) is 2.20. The third kappa shape index (κ3) is 2.99. The minimum absolute atomic E-state index is 0.487. The molecule has 74 valence electrons. The number of aliphatic hydroxyl groups excluding tert-OH is 1. The highest BCUT2D eigenvalue weighted by atomic mass is 16.4. The van der Waals surface area contributed by atoms with Gasteiger partial charge in [-0.3, -0.25) is 4.99 Å². The molecule has 1 atom stereocenters. The third-order valence-corrected chi connectivity index (χ3v) is 1.66. The van der Waals surface area contributed by atoms with Crippen LogP contribution in [0.15, 0.2) is 35.3 Å². The molecule has 0 aliphatic heterocycles. The van der Waals surface area contributed by atoms with Gasteiger partial charge in [0.05, 0.1) is 6.61 Å². The Labute approximate surface area is 81.5 Å². The maximum Gasteiger partial charge on any atom is 0.330 e.